The molecule has 30 heavy (non-hydrogen) atoms. The Morgan fingerprint density at radius 3 is 2.70 bits per heavy atom. The summed E-state index contributed by atoms with van der Waals surface area (Å²) in [5.41, 5.74) is -1.39. The number of nitrogens with zero attached hydrogens (tertiary/aromatic N) is 3. The summed E-state index contributed by atoms with van der Waals surface area (Å²) in [4.78, 5) is 21.7. The van der Waals surface area contributed by atoms with Crippen LogP contribution in [0.3, 0.4) is 0 Å². The van der Waals surface area contributed by atoms with Crippen molar-refractivity contribution in [2.24, 2.45) is 10.9 Å². The molecule has 0 bridgehead atoms. The maximum Gasteiger partial charge on any atom is 0.434 e. The van der Waals surface area contributed by atoms with E-state index >= 15 is 0 Å². The van der Waals surface area contributed by atoms with E-state index in [1.54, 1.807) is 11.9 Å². The Kier molecular flexibility index (Phi) is 8.34. The molecule has 0 spiro atoms. The molecule has 0 radical (unpaired) electrons. The number of likely N-dealkylation sites (tertiary alicyclic amines) is 1. The monoisotopic (exact) mass is 449 g/mol. The third-order valence-corrected chi connectivity index (χ3v) is 5.34. The lowest BCUT2D eigenvalue weighted by Gasteiger charge is -2.34. The first-order valence-corrected chi connectivity index (χ1v) is 10.8. The third-order valence-electron chi connectivity index (χ3n) is 4.49. The second-order valence-electron chi connectivity index (χ2n) is 8.20. The molecule has 0 saturated carbocycles. The lowest BCUT2D eigenvalue weighted by Crippen LogP contribution is -2.44. The molecular formula is C19H30F3N5O2S. The first-order valence-electron chi connectivity index (χ1n) is 9.92. The van der Waals surface area contributed by atoms with E-state index in [9.17, 15) is 18.0 Å². The molecule has 1 saturated heterocycles. The molecule has 1 fully saturated rings. The number of ether oxygens (including phenoxy) is 1. The van der Waals surface area contributed by atoms with Crippen LogP contribution < -0.4 is 10.6 Å². The van der Waals surface area contributed by atoms with Gasteiger partial charge in [-0.1, -0.05) is 0 Å². The van der Waals surface area contributed by atoms with Crippen LogP contribution in [0, 0.1) is 5.92 Å². The van der Waals surface area contributed by atoms with Crippen molar-refractivity contribution in [2.45, 2.75) is 58.4 Å². The van der Waals surface area contributed by atoms with Crippen LogP contribution in [0.5, 0.6) is 0 Å². The highest BCUT2D eigenvalue weighted by Crippen LogP contribution is 2.29. The van der Waals surface area contributed by atoms with Crippen molar-refractivity contribution < 1.29 is 22.7 Å². The van der Waals surface area contributed by atoms with E-state index < -0.39 is 17.5 Å². The Morgan fingerprint density at radius 1 is 1.37 bits per heavy atom. The lowest BCUT2D eigenvalue weighted by molar-refractivity contribution is -0.140. The van der Waals surface area contributed by atoms with Gasteiger partial charge in [-0.15, -0.1) is 11.3 Å². The fraction of sp³-hybridized carbons (Fsp3) is 0.737. The van der Waals surface area contributed by atoms with Crippen LogP contribution in [0.1, 0.15) is 50.7 Å². The van der Waals surface area contributed by atoms with Gasteiger partial charge in [-0.05, 0) is 46.0 Å². The predicted molar refractivity (Wildman–Crippen MR) is 110 cm³/mol. The summed E-state index contributed by atoms with van der Waals surface area (Å²) in [7, 11) is 1.60. The standard InChI is InChI=1S/C19H30F3N5O2S/c1-18(2,3)29-17(28)27-9-5-6-13(11-27)7-8-24-16(23-4)25-10-15-26-14(12-30-15)19(20,21)22/h12-13H,5-11H2,1-4H3,(H2,23,24,25). The fourth-order valence-corrected chi connectivity index (χ4v) is 3.83. The summed E-state index contributed by atoms with van der Waals surface area (Å²) in [5, 5.41) is 7.49. The largest absolute Gasteiger partial charge is 0.444 e. The lowest BCUT2D eigenvalue weighted by atomic mass is 9.95. The maximum absolute atomic E-state index is 12.6. The highest BCUT2D eigenvalue weighted by Gasteiger charge is 2.33. The van der Waals surface area contributed by atoms with Gasteiger partial charge in [0.05, 0.1) is 6.54 Å². The number of amides is 1. The molecule has 11 heteroatoms. The van der Waals surface area contributed by atoms with Crippen LogP contribution in [0.4, 0.5) is 18.0 Å². The summed E-state index contributed by atoms with van der Waals surface area (Å²) < 4.78 is 43.3. The zero-order valence-corrected chi connectivity index (χ0v) is 18.6. The van der Waals surface area contributed by atoms with Gasteiger partial charge in [0.2, 0.25) is 0 Å². The van der Waals surface area contributed by atoms with E-state index in [1.165, 1.54) is 0 Å². The Morgan fingerprint density at radius 2 is 2.10 bits per heavy atom. The van der Waals surface area contributed by atoms with Crippen LogP contribution in [0.25, 0.3) is 0 Å². The Balaban J connectivity index is 1.74. The van der Waals surface area contributed by atoms with Crippen molar-refractivity contribution in [3.05, 3.63) is 16.1 Å². The van der Waals surface area contributed by atoms with Crippen LogP contribution in [-0.4, -0.2) is 54.2 Å². The van der Waals surface area contributed by atoms with Crippen molar-refractivity contribution in [3.63, 3.8) is 0 Å². The number of rotatable bonds is 5. The molecule has 0 aliphatic carbocycles. The molecule has 7 nitrogen and oxygen atoms in total. The Hall–Kier alpha value is -2.04. The molecule has 2 rings (SSSR count). The minimum absolute atomic E-state index is 0.163. The van der Waals surface area contributed by atoms with Crippen molar-refractivity contribution in [1.82, 2.24) is 20.5 Å². The number of guanidine groups is 1. The van der Waals surface area contributed by atoms with Gasteiger partial charge in [-0.2, -0.15) is 13.2 Å². The van der Waals surface area contributed by atoms with Gasteiger partial charge in [0.1, 0.15) is 10.6 Å². The minimum Gasteiger partial charge on any atom is -0.444 e. The number of hydrogen-bond acceptors (Lipinski definition) is 5. The predicted octanol–water partition coefficient (Wildman–Crippen LogP) is 3.86. The summed E-state index contributed by atoms with van der Waals surface area (Å²) in [6.07, 6.45) is -1.90. The number of carbonyl (C=O) groups is 1. The molecule has 1 atom stereocenters. The zero-order valence-electron chi connectivity index (χ0n) is 17.8. The summed E-state index contributed by atoms with van der Waals surface area (Å²) in [6, 6.07) is 0. The Bertz CT molecular complexity index is 730. The SMILES string of the molecule is CN=C(NCCC1CCCN(C(=O)OC(C)(C)C)C1)NCc1nc(C(F)(F)F)cs1. The maximum atomic E-state index is 12.6. The molecular weight excluding hydrogens is 419 g/mol. The van der Waals surface area contributed by atoms with E-state index in [2.05, 4.69) is 20.6 Å². The molecule has 1 aromatic rings. The second-order valence-corrected chi connectivity index (χ2v) is 9.14. The molecule has 1 aliphatic heterocycles. The first-order chi connectivity index (χ1) is 14.0. The normalized spacial score (nSPS) is 18.3. The van der Waals surface area contributed by atoms with Crippen LogP contribution in [-0.2, 0) is 17.5 Å². The number of hydrogen-bond donors (Lipinski definition) is 2. The molecule has 1 aromatic heterocycles. The topological polar surface area (TPSA) is 78.9 Å². The quantitative estimate of drug-likeness (QED) is 0.527. The number of nitrogens with one attached hydrogen (secondary N) is 2. The minimum atomic E-state index is -4.43. The third kappa shape index (κ3) is 8.00. The van der Waals surface area contributed by atoms with Gasteiger partial charge in [0.25, 0.3) is 0 Å². The fourth-order valence-electron chi connectivity index (χ4n) is 3.09. The average Bonchev–Trinajstić information content (AvgIpc) is 3.13. The van der Waals surface area contributed by atoms with E-state index in [0.29, 0.717) is 36.5 Å². The number of piperidine rings is 1. The van der Waals surface area contributed by atoms with Crippen LogP contribution >= 0.6 is 11.3 Å². The number of alkyl halides is 3. The highest BCUT2D eigenvalue weighted by molar-refractivity contribution is 7.09. The molecule has 2 heterocycles. The van der Waals surface area contributed by atoms with E-state index in [-0.39, 0.29) is 12.6 Å². The number of aliphatic imine (C=N–C) groups is 1. The smallest absolute Gasteiger partial charge is 0.434 e. The Labute approximate surface area is 179 Å². The van der Waals surface area contributed by atoms with E-state index in [0.717, 1.165) is 36.0 Å². The summed E-state index contributed by atoms with van der Waals surface area (Å²) >= 11 is 0.956. The number of halogens is 3. The van der Waals surface area contributed by atoms with Gasteiger partial charge in [0, 0.05) is 32.1 Å². The molecule has 1 amide bonds. The molecule has 2 N–H and O–H groups in total. The molecule has 1 aliphatic rings. The molecule has 1 unspecified atom stereocenters. The van der Waals surface area contributed by atoms with Gasteiger partial charge in [-0.25, -0.2) is 9.78 Å². The summed E-state index contributed by atoms with van der Waals surface area (Å²) in [6.45, 7) is 7.71. The van der Waals surface area contributed by atoms with Gasteiger partial charge >= 0.3 is 12.3 Å². The average molecular weight is 450 g/mol. The zero-order chi connectivity index (χ0) is 22.4. The van der Waals surface area contributed by atoms with Crippen molar-refractivity contribution in [2.75, 3.05) is 26.7 Å². The van der Waals surface area contributed by atoms with Gasteiger partial charge in [0.15, 0.2) is 11.7 Å². The second kappa shape index (κ2) is 10.3. The number of thiazole rings is 1. The number of aromatic nitrogens is 1. The molecule has 170 valence electrons. The summed E-state index contributed by atoms with van der Waals surface area (Å²) in [5.74, 6) is 0.851. The van der Waals surface area contributed by atoms with Crippen molar-refractivity contribution >= 4 is 23.4 Å². The van der Waals surface area contributed by atoms with E-state index in [4.69, 9.17) is 4.74 Å². The van der Waals surface area contributed by atoms with Gasteiger partial charge < -0.3 is 20.3 Å². The van der Waals surface area contributed by atoms with Crippen molar-refractivity contribution in [3.8, 4) is 0 Å². The van der Waals surface area contributed by atoms with Gasteiger partial charge in [-0.3, -0.25) is 4.99 Å². The molecule has 0 aromatic carbocycles. The number of carbonyl (C=O) groups excluding carboxylic acids is 1. The van der Waals surface area contributed by atoms with E-state index in [1.807, 2.05) is 20.8 Å². The van der Waals surface area contributed by atoms with Crippen LogP contribution in [0.2, 0.25) is 0 Å². The van der Waals surface area contributed by atoms with Crippen molar-refractivity contribution in [1.29, 1.82) is 0 Å². The highest BCUT2D eigenvalue weighted by atomic mass is 32.1. The van der Waals surface area contributed by atoms with Crippen LogP contribution in [0.15, 0.2) is 10.4 Å². The first kappa shape index (κ1) is 24.2.